The number of allylic oxidation sites excluding steroid dienone is 1. The first kappa shape index (κ1) is 15.4. The van der Waals surface area contributed by atoms with Crippen LogP contribution in [0.4, 0.5) is 8.78 Å². The lowest BCUT2D eigenvalue weighted by Gasteiger charge is -2.41. The van der Waals surface area contributed by atoms with Crippen molar-refractivity contribution in [2.24, 2.45) is 0 Å². The smallest absolute Gasteiger partial charge is 0.255 e. The van der Waals surface area contributed by atoms with Crippen molar-refractivity contribution in [3.63, 3.8) is 0 Å². The van der Waals surface area contributed by atoms with E-state index in [2.05, 4.69) is 9.88 Å². The topological polar surface area (TPSA) is 63.2 Å². The molecule has 3 unspecified atom stereocenters. The van der Waals surface area contributed by atoms with Crippen molar-refractivity contribution in [3.8, 4) is 0 Å². The molecule has 1 aliphatic carbocycles. The number of rotatable bonds is 5. The van der Waals surface area contributed by atoms with Gasteiger partial charge in [-0.3, -0.25) is 4.79 Å². The third kappa shape index (κ3) is 2.42. The van der Waals surface area contributed by atoms with Gasteiger partial charge < -0.3 is 20.2 Å². The number of halogens is 2. The number of H-pyrrole nitrogens is 1. The Labute approximate surface area is 138 Å². The third-order valence-corrected chi connectivity index (χ3v) is 5.45. The van der Waals surface area contributed by atoms with E-state index in [0.29, 0.717) is 18.7 Å². The number of nitrogens with one attached hydrogen (secondary N) is 2. The third-order valence-electron chi connectivity index (χ3n) is 5.45. The summed E-state index contributed by atoms with van der Waals surface area (Å²) in [6, 6.07) is 2.16. The van der Waals surface area contributed by atoms with E-state index in [1.807, 2.05) is 4.90 Å². The van der Waals surface area contributed by atoms with Gasteiger partial charge in [0.1, 0.15) is 0 Å². The van der Waals surface area contributed by atoms with Crippen LogP contribution in [0.15, 0.2) is 18.3 Å². The van der Waals surface area contributed by atoms with Crippen LogP contribution in [0.3, 0.4) is 0 Å². The molecule has 128 valence electrons. The molecular formula is C17H20F2N4O. The van der Waals surface area contributed by atoms with E-state index in [9.17, 15) is 13.6 Å². The van der Waals surface area contributed by atoms with Gasteiger partial charge in [-0.15, -0.1) is 0 Å². The maximum Gasteiger partial charge on any atom is 0.255 e. The molecule has 3 fully saturated rings. The van der Waals surface area contributed by atoms with Crippen LogP contribution in [0.25, 0.3) is 5.70 Å². The molecule has 4 rings (SSSR count). The van der Waals surface area contributed by atoms with Crippen LogP contribution in [0.1, 0.15) is 36.4 Å². The van der Waals surface area contributed by atoms with Crippen LogP contribution in [-0.2, 0) is 4.79 Å². The fraction of sp³-hybridized carbons (Fsp3) is 0.529. The summed E-state index contributed by atoms with van der Waals surface area (Å²) in [7, 11) is 0. The zero-order chi connectivity index (χ0) is 16.9. The second kappa shape index (κ2) is 5.43. The molecule has 2 aliphatic heterocycles. The summed E-state index contributed by atoms with van der Waals surface area (Å²) < 4.78 is 26.5. The number of nitrogens with zero attached hydrogens (tertiary/aromatic N) is 2. The lowest BCUT2D eigenvalue weighted by molar-refractivity contribution is -0.122. The number of carbonyl (C=O) groups excluding carboxylic acids is 1. The van der Waals surface area contributed by atoms with Gasteiger partial charge in [0.15, 0.2) is 0 Å². The first-order valence-corrected chi connectivity index (χ1v) is 8.28. The first-order valence-electron chi connectivity index (χ1n) is 8.28. The number of hydrogen-bond donors (Lipinski definition) is 2. The average Bonchev–Trinajstić information content (AvgIpc) is 2.89. The zero-order valence-corrected chi connectivity index (χ0v) is 13.2. The molecule has 2 saturated heterocycles. The largest absolute Gasteiger partial charge is 0.366 e. The summed E-state index contributed by atoms with van der Waals surface area (Å²) in [6.07, 6.45) is 7.38. The van der Waals surface area contributed by atoms with Crippen molar-refractivity contribution in [1.29, 1.82) is 5.41 Å². The molecule has 2 N–H and O–H groups in total. The Bertz CT molecular complexity index is 685. The number of hydrogen-bond acceptors (Lipinski definition) is 3. The molecule has 0 aromatic carbocycles. The van der Waals surface area contributed by atoms with E-state index >= 15 is 0 Å². The van der Waals surface area contributed by atoms with Gasteiger partial charge in [0, 0.05) is 44.0 Å². The standard InChI is InChI=1S/C17H20F2N4O/c18-17(19)6-14(17)11-5-15(21-7-11)16(3-4-20)22-8-12-1-2-13(9-22)23(12)10-24/h3-5,7,10,12-14,20-21H,1-2,6,8-9H2/b16-3+,20-4?. The van der Waals surface area contributed by atoms with Crippen molar-refractivity contribution in [2.45, 2.75) is 43.2 Å². The molecule has 3 heterocycles. The van der Waals surface area contributed by atoms with Crippen LogP contribution >= 0.6 is 0 Å². The molecule has 24 heavy (non-hydrogen) atoms. The van der Waals surface area contributed by atoms with E-state index in [1.54, 1.807) is 18.3 Å². The van der Waals surface area contributed by atoms with Gasteiger partial charge in [0.05, 0.1) is 17.3 Å². The molecule has 3 atom stereocenters. The number of aromatic nitrogens is 1. The number of carbonyl (C=O) groups is 1. The molecule has 0 radical (unpaired) electrons. The maximum atomic E-state index is 13.3. The summed E-state index contributed by atoms with van der Waals surface area (Å²) in [6.45, 7) is 1.42. The van der Waals surface area contributed by atoms with E-state index in [-0.39, 0.29) is 18.5 Å². The molecule has 0 spiro atoms. The number of alkyl halides is 2. The fourth-order valence-corrected chi connectivity index (χ4v) is 4.08. The van der Waals surface area contributed by atoms with Gasteiger partial charge in [-0.2, -0.15) is 0 Å². The maximum absolute atomic E-state index is 13.3. The van der Waals surface area contributed by atoms with Crippen molar-refractivity contribution in [2.75, 3.05) is 13.1 Å². The second-order valence-corrected chi connectivity index (χ2v) is 6.93. The minimum atomic E-state index is -2.58. The summed E-state index contributed by atoms with van der Waals surface area (Å²) in [5.74, 6) is -3.27. The summed E-state index contributed by atoms with van der Waals surface area (Å²) >= 11 is 0. The van der Waals surface area contributed by atoms with E-state index in [4.69, 9.17) is 5.41 Å². The SMILES string of the molecule is N=C/C=C(\c1cc(C2CC2(F)F)c[nH]1)N1CC2CCC(C1)N2C=O. The van der Waals surface area contributed by atoms with E-state index in [0.717, 1.165) is 30.6 Å². The predicted octanol–water partition coefficient (Wildman–Crippen LogP) is 2.43. The van der Waals surface area contributed by atoms with Crippen molar-refractivity contribution in [3.05, 3.63) is 29.6 Å². The summed E-state index contributed by atoms with van der Waals surface area (Å²) in [4.78, 5) is 18.4. The highest BCUT2D eigenvalue weighted by Gasteiger charge is 2.57. The van der Waals surface area contributed by atoms with Gasteiger partial charge in [0.25, 0.3) is 5.92 Å². The van der Waals surface area contributed by atoms with Crippen molar-refractivity contribution in [1.82, 2.24) is 14.8 Å². The van der Waals surface area contributed by atoms with E-state index in [1.165, 1.54) is 6.21 Å². The number of piperazine rings is 1. The number of amides is 1. The fourth-order valence-electron chi connectivity index (χ4n) is 4.08. The molecule has 1 aromatic heterocycles. The lowest BCUT2D eigenvalue weighted by Crippen LogP contribution is -2.52. The molecule has 1 aromatic rings. The molecule has 7 heteroatoms. The number of likely N-dealkylation sites (tertiary alicyclic amines) is 1. The second-order valence-electron chi connectivity index (χ2n) is 6.93. The Kier molecular flexibility index (Phi) is 3.47. The van der Waals surface area contributed by atoms with Crippen LogP contribution in [0.2, 0.25) is 0 Å². The number of fused-ring (bicyclic) bond motifs is 2. The molecule has 3 aliphatic rings. The van der Waals surface area contributed by atoms with Gasteiger partial charge in [0.2, 0.25) is 6.41 Å². The predicted molar refractivity (Wildman–Crippen MR) is 86.1 cm³/mol. The summed E-state index contributed by atoms with van der Waals surface area (Å²) in [5.41, 5.74) is 2.22. The van der Waals surface area contributed by atoms with Crippen molar-refractivity contribution < 1.29 is 13.6 Å². The monoisotopic (exact) mass is 334 g/mol. The normalized spacial score (nSPS) is 31.2. The van der Waals surface area contributed by atoms with E-state index < -0.39 is 11.8 Å². The zero-order valence-electron chi connectivity index (χ0n) is 13.2. The summed E-state index contributed by atoms with van der Waals surface area (Å²) in [5, 5.41) is 7.43. The Morgan fingerprint density at radius 3 is 2.54 bits per heavy atom. The van der Waals surface area contributed by atoms with Crippen LogP contribution in [-0.4, -0.2) is 58.5 Å². The van der Waals surface area contributed by atoms with Crippen molar-refractivity contribution >= 4 is 18.3 Å². The number of aromatic amines is 1. The molecule has 1 saturated carbocycles. The molecule has 2 bridgehead atoms. The highest BCUT2D eigenvalue weighted by atomic mass is 19.3. The van der Waals surface area contributed by atoms with Crippen LogP contribution in [0.5, 0.6) is 0 Å². The van der Waals surface area contributed by atoms with Gasteiger partial charge >= 0.3 is 0 Å². The Hall–Kier alpha value is -2.18. The molecule has 5 nitrogen and oxygen atoms in total. The van der Waals surface area contributed by atoms with Gasteiger partial charge in [-0.25, -0.2) is 8.78 Å². The molecular weight excluding hydrogens is 314 g/mol. The highest BCUT2D eigenvalue weighted by molar-refractivity contribution is 5.81. The Balaban J connectivity index is 1.57. The average molecular weight is 334 g/mol. The highest BCUT2D eigenvalue weighted by Crippen LogP contribution is 2.56. The Morgan fingerprint density at radius 1 is 1.33 bits per heavy atom. The van der Waals surface area contributed by atoms with Crippen LogP contribution < -0.4 is 0 Å². The van der Waals surface area contributed by atoms with Gasteiger partial charge in [-0.05, 0) is 30.5 Å². The molecule has 1 amide bonds. The quantitative estimate of drug-likeness (QED) is 0.642. The Morgan fingerprint density at radius 2 is 2.00 bits per heavy atom. The minimum absolute atomic E-state index is 0.0872. The van der Waals surface area contributed by atoms with Crippen LogP contribution in [0, 0.1) is 5.41 Å². The lowest BCUT2D eigenvalue weighted by atomic mass is 10.1. The minimum Gasteiger partial charge on any atom is -0.366 e. The first-order chi connectivity index (χ1) is 11.5. The van der Waals surface area contributed by atoms with Gasteiger partial charge in [-0.1, -0.05) is 0 Å².